The molecule has 212 valence electrons. The number of phenols is 2. The molecule has 0 spiro atoms. The van der Waals surface area contributed by atoms with Crippen molar-refractivity contribution in [3.05, 3.63) is 108 Å². The van der Waals surface area contributed by atoms with Gasteiger partial charge in [0, 0.05) is 75.2 Å². The molecular weight excluding hydrogens is 532 g/mol. The summed E-state index contributed by atoms with van der Waals surface area (Å²) in [6, 6.07) is 31.6. The van der Waals surface area contributed by atoms with Crippen molar-refractivity contribution in [2.75, 3.05) is 0 Å². The number of unbranched alkanes of at least 4 members (excludes halogenated alkanes) is 1. The number of aromatic nitrogens is 2. The van der Waals surface area contributed by atoms with Gasteiger partial charge in [0.25, 0.3) is 0 Å². The van der Waals surface area contributed by atoms with Gasteiger partial charge in [0.05, 0.1) is 16.9 Å². The Morgan fingerprint density at radius 2 is 1.12 bits per heavy atom. The van der Waals surface area contributed by atoms with Gasteiger partial charge in [-0.1, -0.05) is 61.9 Å². The zero-order chi connectivity index (χ0) is 29.5. The summed E-state index contributed by atoms with van der Waals surface area (Å²) in [6.45, 7) is 3.11. The van der Waals surface area contributed by atoms with Crippen LogP contribution in [0.3, 0.4) is 0 Å². The van der Waals surface area contributed by atoms with Crippen molar-refractivity contribution in [1.82, 2.24) is 9.13 Å². The van der Waals surface area contributed by atoms with Crippen molar-refractivity contribution in [2.24, 2.45) is 17.0 Å². The fourth-order valence-electron chi connectivity index (χ4n) is 6.19. The highest BCUT2D eigenvalue weighted by atomic mass is 16.3. The van der Waals surface area contributed by atoms with Gasteiger partial charge in [-0.3, -0.25) is 9.98 Å². The number of aryl methyl sites for hydroxylation is 2. The SMILES string of the molecule is CCCCn1c2ccccc2c2c(/C=N/c3ccccc3/N=C/c3c(O)ccc4c3c3ccccc3n4C)c(O)ccc21. The van der Waals surface area contributed by atoms with Crippen molar-refractivity contribution in [3.8, 4) is 11.5 Å². The van der Waals surface area contributed by atoms with E-state index in [4.69, 9.17) is 9.98 Å². The van der Waals surface area contributed by atoms with Gasteiger partial charge < -0.3 is 19.3 Å². The molecule has 6 heteroatoms. The molecule has 0 unspecified atom stereocenters. The molecule has 5 aromatic carbocycles. The second kappa shape index (κ2) is 10.8. The predicted molar refractivity (Wildman–Crippen MR) is 179 cm³/mol. The number of para-hydroxylation sites is 4. The largest absolute Gasteiger partial charge is 0.507 e. The minimum absolute atomic E-state index is 0.171. The van der Waals surface area contributed by atoms with Crippen LogP contribution in [0.4, 0.5) is 11.4 Å². The van der Waals surface area contributed by atoms with Crippen LogP contribution in [0.25, 0.3) is 43.6 Å². The Morgan fingerprint density at radius 1 is 0.605 bits per heavy atom. The van der Waals surface area contributed by atoms with Gasteiger partial charge in [0.15, 0.2) is 0 Å². The van der Waals surface area contributed by atoms with E-state index in [0.717, 1.165) is 63.0 Å². The summed E-state index contributed by atoms with van der Waals surface area (Å²) in [4.78, 5) is 9.66. The first-order chi connectivity index (χ1) is 21.1. The van der Waals surface area contributed by atoms with E-state index < -0.39 is 0 Å². The summed E-state index contributed by atoms with van der Waals surface area (Å²) in [5.41, 5.74) is 7.01. The number of benzene rings is 5. The zero-order valence-corrected chi connectivity index (χ0v) is 24.2. The van der Waals surface area contributed by atoms with Gasteiger partial charge in [0.2, 0.25) is 0 Å². The maximum Gasteiger partial charge on any atom is 0.125 e. The van der Waals surface area contributed by atoms with Gasteiger partial charge in [-0.05, 0) is 55.0 Å². The predicted octanol–water partition coefficient (Wildman–Crippen LogP) is 9.15. The zero-order valence-electron chi connectivity index (χ0n) is 24.2. The second-order valence-corrected chi connectivity index (χ2v) is 10.9. The maximum atomic E-state index is 11.0. The van der Waals surface area contributed by atoms with E-state index in [1.54, 1.807) is 24.6 Å². The third-order valence-corrected chi connectivity index (χ3v) is 8.33. The Hall–Kier alpha value is -5.36. The summed E-state index contributed by atoms with van der Waals surface area (Å²) < 4.78 is 4.47. The average Bonchev–Trinajstić information content (AvgIpc) is 3.51. The van der Waals surface area contributed by atoms with E-state index in [1.807, 2.05) is 61.6 Å². The number of hydrogen-bond acceptors (Lipinski definition) is 4. The molecule has 7 rings (SSSR count). The third kappa shape index (κ3) is 4.43. The number of phenolic OH excluding ortho intramolecular Hbond substituents is 2. The molecule has 0 aliphatic rings. The number of aliphatic imine (C=N–C) groups is 2. The van der Waals surface area contributed by atoms with Gasteiger partial charge in [-0.2, -0.15) is 0 Å². The first-order valence-electron chi connectivity index (χ1n) is 14.7. The van der Waals surface area contributed by atoms with Gasteiger partial charge in [-0.15, -0.1) is 0 Å². The smallest absolute Gasteiger partial charge is 0.125 e. The fraction of sp³-hybridized carbons (Fsp3) is 0.135. The minimum atomic E-state index is 0.171. The lowest BCUT2D eigenvalue weighted by Crippen LogP contribution is -1.97. The first-order valence-corrected chi connectivity index (χ1v) is 14.7. The maximum absolute atomic E-state index is 11.0. The summed E-state index contributed by atoms with van der Waals surface area (Å²) in [6.07, 6.45) is 5.64. The van der Waals surface area contributed by atoms with Crippen molar-refractivity contribution in [3.63, 3.8) is 0 Å². The lowest BCUT2D eigenvalue weighted by atomic mass is 10.1. The standard InChI is InChI=1S/C37H32N4O2/c1-3-4-21-41-31-16-10-6-12-25(31)37-27(35(43)20-18-33(37)41)23-39-29-14-8-7-13-28(29)38-22-26-34(42)19-17-32-36(26)24-11-5-9-15-30(24)40(32)2/h5-20,22-23,42-43H,3-4,21H2,1-2H3/b38-22+,39-23+. The van der Waals surface area contributed by atoms with Crippen molar-refractivity contribution in [1.29, 1.82) is 0 Å². The molecule has 2 N–H and O–H groups in total. The normalized spacial score (nSPS) is 12.2. The highest BCUT2D eigenvalue weighted by Crippen LogP contribution is 2.37. The summed E-state index contributed by atoms with van der Waals surface area (Å²) in [5, 5.41) is 26.0. The Balaban J connectivity index is 1.33. The number of nitrogens with zero attached hydrogens (tertiary/aromatic N) is 4. The number of aromatic hydroxyl groups is 2. The van der Waals surface area contributed by atoms with E-state index in [-0.39, 0.29) is 11.5 Å². The Morgan fingerprint density at radius 3 is 1.74 bits per heavy atom. The van der Waals surface area contributed by atoms with Gasteiger partial charge in [0.1, 0.15) is 11.5 Å². The van der Waals surface area contributed by atoms with Crippen LogP contribution < -0.4 is 0 Å². The van der Waals surface area contributed by atoms with Crippen LogP contribution in [0.5, 0.6) is 11.5 Å². The summed E-state index contributed by atoms with van der Waals surface area (Å²) in [5.74, 6) is 0.354. The molecule has 6 nitrogen and oxygen atoms in total. The van der Waals surface area contributed by atoms with Crippen molar-refractivity contribution >= 4 is 67.4 Å². The van der Waals surface area contributed by atoms with Gasteiger partial charge >= 0.3 is 0 Å². The molecule has 0 aliphatic heterocycles. The van der Waals surface area contributed by atoms with E-state index in [0.29, 0.717) is 22.5 Å². The molecule has 2 heterocycles. The molecule has 0 amide bonds. The van der Waals surface area contributed by atoms with Crippen LogP contribution in [0.15, 0.2) is 107 Å². The monoisotopic (exact) mass is 564 g/mol. The molecule has 0 atom stereocenters. The highest BCUT2D eigenvalue weighted by Gasteiger charge is 2.16. The average molecular weight is 565 g/mol. The van der Waals surface area contributed by atoms with Crippen LogP contribution in [0.1, 0.15) is 30.9 Å². The molecule has 7 aromatic rings. The Labute approximate surface area is 249 Å². The second-order valence-electron chi connectivity index (χ2n) is 10.9. The molecule has 2 aromatic heterocycles. The van der Waals surface area contributed by atoms with Crippen LogP contribution in [-0.4, -0.2) is 31.8 Å². The number of hydrogen-bond donors (Lipinski definition) is 2. The minimum Gasteiger partial charge on any atom is -0.507 e. The lowest BCUT2D eigenvalue weighted by Gasteiger charge is -2.07. The molecule has 0 aliphatic carbocycles. The van der Waals surface area contributed by atoms with Gasteiger partial charge in [-0.25, -0.2) is 0 Å². The van der Waals surface area contributed by atoms with Crippen molar-refractivity contribution < 1.29 is 10.2 Å². The Bertz CT molecular complexity index is 2220. The van der Waals surface area contributed by atoms with Crippen LogP contribution in [0.2, 0.25) is 0 Å². The van der Waals surface area contributed by atoms with E-state index in [1.165, 1.54) is 0 Å². The molecule has 0 radical (unpaired) electrons. The quantitative estimate of drug-likeness (QED) is 0.189. The molecule has 43 heavy (non-hydrogen) atoms. The highest BCUT2D eigenvalue weighted by molar-refractivity contribution is 6.18. The van der Waals surface area contributed by atoms with E-state index in [2.05, 4.69) is 46.4 Å². The van der Waals surface area contributed by atoms with E-state index in [9.17, 15) is 10.2 Å². The fourth-order valence-corrected chi connectivity index (χ4v) is 6.19. The van der Waals surface area contributed by atoms with Crippen LogP contribution >= 0.6 is 0 Å². The van der Waals surface area contributed by atoms with E-state index >= 15 is 0 Å². The molecule has 0 saturated heterocycles. The van der Waals surface area contributed by atoms with Crippen molar-refractivity contribution in [2.45, 2.75) is 26.3 Å². The molecule has 0 saturated carbocycles. The summed E-state index contributed by atoms with van der Waals surface area (Å²) >= 11 is 0. The Kier molecular flexibility index (Phi) is 6.67. The van der Waals surface area contributed by atoms with Crippen LogP contribution in [-0.2, 0) is 13.6 Å². The molecular formula is C37H32N4O2. The lowest BCUT2D eigenvalue weighted by molar-refractivity contribution is 0.475. The molecule has 0 fully saturated rings. The number of rotatable bonds is 7. The first kappa shape index (κ1) is 26.5. The molecule has 0 bridgehead atoms. The van der Waals surface area contributed by atoms with Crippen LogP contribution in [0, 0.1) is 0 Å². The topological polar surface area (TPSA) is 75.0 Å². The third-order valence-electron chi connectivity index (χ3n) is 8.33. The number of fused-ring (bicyclic) bond motifs is 6. The summed E-state index contributed by atoms with van der Waals surface area (Å²) in [7, 11) is 2.03.